The van der Waals surface area contributed by atoms with Crippen LogP contribution in [0.25, 0.3) is 6.08 Å². The van der Waals surface area contributed by atoms with Crippen LogP contribution in [-0.2, 0) is 20.7 Å². The van der Waals surface area contributed by atoms with Gasteiger partial charge in [-0.2, -0.15) is 0 Å². The van der Waals surface area contributed by atoms with Gasteiger partial charge < -0.3 is 29.2 Å². The molecule has 0 aliphatic carbocycles. The maximum Gasteiger partial charge on any atom is 0.492 e. The molecule has 0 atom stereocenters. The van der Waals surface area contributed by atoms with Crippen molar-refractivity contribution in [3.8, 4) is 11.5 Å². The number of amides is 1. The third-order valence-corrected chi connectivity index (χ3v) is 6.10. The highest BCUT2D eigenvalue weighted by Crippen LogP contribution is 2.39. The number of phenolic OH excluding ortho intramolecular Hbond substituents is 1. The first kappa shape index (κ1) is 25.3. The van der Waals surface area contributed by atoms with Crippen LogP contribution in [0.2, 0.25) is 0 Å². The number of ether oxygens (including phenoxy) is 2. The topological polar surface area (TPSA) is 103 Å². The van der Waals surface area contributed by atoms with E-state index in [2.05, 4.69) is 5.32 Å². The standard InChI is InChI=1S/C25H30BNO7/c1-24(2)25(3,4)34-26(33-24)19(13-18-11-12-21(31-5)22(29)20(18)15-28)14-27-23(30)32-16-17-9-7-6-8-10-17/h6-13,15,29H,14,16H2,1-5H3,(H,27,30). The van der Waals surface area contributed by atoms with Crippen molar-refractivity contribution < 1.29 is 33.5 Å². The molecule has 1 saturated heterocycles. The van der Waals surface area contributed by atoms with Crippen molar-refractivity contribution in [2.24, 2.45) is 0 Å². The van der Waals surface area contributed by atoms with E-state index < -0.39 is 24.4 Å². The number of carbonyl (C=O) groups excluding carboxylic acids is 2. The molecule has 1 amide bonds. The van der Waals surface area contributed by atoms with Crippen molar-refractivity contribution in [3.05, 3.63) is 64.6 Å². The van der Waals surface area contributed by atoms with E-state index in [0.29, 0.717) is 17.3 Å². The summed E-state index contributed by atoms with van der Waals surface area (Å²) in [4.78, 5) is 24.1. The number of methoxy groups -OCH3 is 1. The van der Waals surface area contributed by atoms with E-state index in [9.17, 15) is 14.7 Å². The van der Waals surface area contributed by atoms with E-state index in [-0.39, 0.29) is 30.2 Å². The summed E-state index contributed by atoms with van der Waals surface area (Å²) in [5.74, 6) is -0.0891. The monoisotopic (exact) mass is 467 g/mol. The van der Waals surface area contributed by atoms with Gasteiger partial charge in [0.25, 0.3) is 0 Å². The fourth-order valence-electron chi connectivity index (χ4n) is 3.36. The summed E-state index contributed by atoms with van der Waals surface area (Å²) in [5.41, 5.74) is 0.671. The lowest BCUT2D eigenvalue weighted by Crippen LogP contribution is -2.41. The molecule has 0 unspecified atom stereocenters. The Kier molecular flexibility index (Phi) is 7.69. The molecule has 2 aromatic carbocycles. The largest absolute Gasteiger partial charge is 0.504 e. The predicted molar refractivity (Wildman–Crippen MR) is 129 cm³/mol. The maximum atomic E-state index is 12.3. The van der Waals surface area contributed by atoms with Crippen LogP contribution in [0.3, 0.4) is 0 Å². The lowest BCUT2D eigenvalue weighted by Gasteiger charge is -2.32. The fraction of sp³-hybridized carbons (Fsp3) is 0.360. The minimum atomic E-state index is -0.789. The first-order valence-corrected chi connectivity index (χ1v) is 10.9. The van der Waals surface area contributed by atoms with Gasteiger partial charge in [0.15, 0.2) is 17.8 Å². The van der Waals surface area contributed by atoms with E-state index in [1.54, 1.807) is 18.2 Å². The Morgan fingerprint density at radius 2 is 1.74 bits per heavy atom. The molecule has 0 spiro atoms. The summed E-state index contributed by atoms with van der Waals surface area (Å²) in [6, 6.07) is 12.5. The normalized spacial score (nSPS) is 16.7. The van der Waals surface area contributed by atoms with Gasteiger partial charge in [0, 0.05) is 6.54 Å². The van der Waals surface area contributed by atoms with E-state index in [4.69, 9.17) is 18.8 Å². The number of carbonyl (C=O) groups is 2. The minimum Gasteiger partial charge on any atom is -0.504 e. The molecule has 0 saturated carbocycles. The van der Waals surface area contributed by atoms with Gasteiger partial charge in [-0.15, -0.1) is 0 Å². The lowest BCUT2D eigenvalue weighted by atomic mass is 9.76. The molecule has 180 valence electrons. The average Bonchev–Trinajstić information content (AvgIpc) is 3.02. The number of nitrogens with one attached hydrogen (secondary N) is 1. The molecule has 34 heavy (non-hydrogen) atoms. The first-order chi connectivity index (χ1) is 16.1. The Hall–Kier alpha value is -3.30. The molecule has 0 bridgehead atoms. The van der Waals surface area contributed by atoms with Gasteiger partial charge in [0.1, 0.15) is 6.61 Å². The highest BCUT2D eigenvalue weighted by atomic mass is 16.7. The van der Waals surface area contributed by atoms with Crippen molar-refractivity contribution in [2.75, 3.05) is 13.7 Å². The van der Waals surface area contributed by atoms with Crippen molar-refractivity contribution >= 4 is 25.6 Å². The predicted octanol–water partition coefficient (Wildman–Crippen LogP) is 4.15. The molecule has 1 heterocycles. The fourth-order valence-corrected chi connectivity index (χ4v) is 3.36. The van der Waals surface area contributed by atoms with Crippen LogP contribution in [0.15, 0.2) is 47.9 Å². The third kappa shape index (κ3) is 5.60. The molecule has 8 nitrogen and oxygen atoms in total. The van der Waals surface area contributed by atoms with Crippen LogP contribution in [0, 0.1) is 0 Å². The van der Waals surface area contributed by atoms with Crippen LogP contribution in [0.1, 0.15) is 49.2 Å². The van der Waals surface area contributed by atoms with E-state index in [1.165, 1.54) is 7.11 Å². The second-order valence-corrected chi connectivity index (χ2v) is 8.96. The van der Waals surface area contributed by atoms with Gasteiger partial charge in [-0.25, -0.2) is 4.79 Å². The molecular weight excluding hydrogens is 437 g/mol. The number of aldehydes is 1. The molecule has 1 aliphatic rings. The summed E-state index contributed by atoms with van der Waals surface area (Å²) in [7, 11) is 0.614. The van der Waals surface area contributed by atoms with Crippen LogP contribution >= 0.6 is 0 Å². The van der Waals surface area contributed by atoms with Crippen molar-refractivity contribution in [2.45, 2.75) is 45.5 Å². The zero-order valence-electron chi connectivity index (χ0n) is 20.1. The number of benzene rings is 2. The van der Waals surface area contributed by atoms with Crippen molar-refractivity contribution in [3.63, 3.8) is 0 Å². The summed E-state index contributed by atoms with van der Waals surface area (Å²) < 4.78 is 22.7. The SMILES string of the molecule is COc1ccc(C=C(CNC(=O)OCc2ccccc2)B2OC(C)(C)C(C)(C)O2)c(C=O)c1O. The van der Waals surface area contributed by atoms with Gasteiger partial charge in [0.05, 0.1) is 23.9 Å². The molecular formula is C25H30BNO7. The molecule has 0 radical (unpaired) electrons. The van der Waals surface area contributed by atoms with Crippen molar-refractivity contribution in [1.29, 1.82) is 0 Å². The summed E-state index contributed by atoms with van der Waals surface area (Å²) in [5, 5.41) is 13.1. The number of phenols is 1. The van der Waals surface area contributed by atoms with Crippen LogP contribution in [0.4, 0.5) is 4.79 Å². The molecule has 1 fully saturated rings. The average molecular weight is 467 g/mol. The zero-order valence-corrected chi connectivity index (χ0v) is 20.1. The Morgan fingerprint density at radius 3 is 2.32 bits per heavy atom. The van der Waals surface area contributed by atoms with Gasteiger partial charge in [0.2, 0.25) is 0 Å². The highest BCUT2D eigenvalue weighted by Gasteiger charge is 2.52. The Morgan fingerprint density at radius 1 is 1.09 bits per heavy atom. The maximum absolute atomic E-state index is 12.3. The highest BCUT2D eigenvalue weighted by molar-refractivity contribution is 6.56. The molecule has 1 aliphatic heterocycles. The number of hydrogen-bond donors (Lipinski definition) is 2. The second-order valence-electron chi connectivity index (χ2n) is 8.96. The molecule has 9 heteroatoms. The van der Waals surface area contributed by atoms with Crippen LogP contribution < -0.4 is 10.1 Å². The lowest BCUT2D eigenvalue weighted by molar-refractivity contribution is 0.00578. The first-order valence-electron chi connectivity index (χ1n) is 10.9. The Bertz CT molecular complexity index is 1050. The van der Waals surface area contributed by atoms with Gasteiger partial charge in [-0.3, -0.25) is 4.79 Å². The molecule has 2 N–H and O–H groups in total. The van der Waals surface area contributed by atoms with Gasteiger partial charge in [-0.1, -0.05) is 42.5 Å². The van der Waals surface area contributed by atoms with E-state index in [0.717, 1.165) is 5.56 Å². The third-order valence-electron chi connectivity index (χ3n) is 6.10. The number of alkyl carbamates (subject to hydrolysis) is 1. The minimum absolute atomic E-state index is 0.0372. The molecule has 0 aromatic heterocycles. The Labute approximate surface area is 200 Å². The molecule has 3 rings (SSSR count). The number of hydrogen-bond acceptors (Lipinski definition) is 7. The second kappa shape index (κ2) is 10.3. The number of rotatable bonds is 8. The van der Waals surface area contributed by atoms with Crippen molar-refractivity contribution in [1.82, 2.24) is 5.32 Å². The summed E-state index contributed by atoms with van der Waals surface area (Å²) in [6.07, 6.45) is 1.59. The quantitative estimate of drug-likeness (QED) is 0.444. The molecule has 2 aromatic rings. The number of aromatic hydroxyl groups is 1. The smallest absolute Gasteiger partial charge is 0.492 e. The van der Waals surface area contributed by atoms with E-state index in [1.807, 2.05) is 58.0 Å². The zero-order chi connectivity index (χ0) is 24.9. The van der Waals surface area contributed by atoms with Gasteiger partial charge >= 0.3 is 13.2 Å². The Balaban J connectivity index is 1.84. The van der Waals surface area contributed by atoms with Gasteiger partial charge in [-0.05, 0) is 50.4 Å². The van der Waals surface area contributed by atoms with Crippen LogP contribution in [0.5, 0.6) is 11.5 Å². The summed E-state index contributed by atoms with van der Waals surface area (Å²) >= 11 is 0. The van der Waals surface area contributed by atoms with E-state index >= 15 is 0 Å². The van der Waals surface area contributed by atoms with Crippen LogP contribution in [-0.4, -0.2) is 49.5 Å². The summed E-state index contributed by atoms with van der Waals surface area (Å²) in [6.45, 7) is 7.84.